The Hall–Kier alpha value is -0.930. The Morgan fingerprint density at radius 3 is 1.85 bits per heavy atom. The lowest BCUT2D eigenvalue weighted by Gasteiger charge is -2.59. The fraction of sp³-hybridized carbons (Fsp3) is 0.917. The molecule has 1 amide bonds. The van der Waals surface area contributed by atoms with Crippen LogP contribution in [0, 0.1) is 0 Å². The smallest absolute Gasteiger partial charge is 0.426 e. The molecule has 1 aliphatic heterocycles. The number of piperazine rings is 1. The van der Waals surface area contributed by atoms with Gasteiger partial charge in [-0.15, -0.1) is 0 Å². The first-order valence-corrected chi connectivity index (χ1v) is 8.21. The van der Waals surface area contributed by atoms with E-state index < -0.39 is 29.9 Å². The van der Waals surface area contributed by atoms with E-state index in [1.165, 1.54) is 0 Å². The van der Waals surface area contributed by atoms with Gasteiger partial charge in [-0.25, -0.2) is 4.79 Å². The molecule has 0 aromatic heterocycles. The van der Waals surface area contributed by atoms with Gasteiger partial charge in [0.2, 0.25) is 0 Å². The van der Waals surface area contributed by atoms with Crippen molar-refractivity contribution in [2.24, 2.45) is 0 Å². The van der Waals surface area contributed by atoms with Crippen LogP contribution in [0.4, 0.5) is 31.1 Å². The van der Waals surface area contributed by atoms with Crippen molar-refractivity contribution in [2.45, 2.75) is 62.0 Å². The van der Waals surface area contributed by atoms with Gasteiger partial charge < -0.3 is 14.5 Å². The van der Waals surface area contributed by atoms with E-state index in [9.17, 15) is 31.1 Å². The number of carbonyl (C=O) groups is 1. The molecule has 146 valence electrons. The lowest BCUT2D eigenvalue weighted by atomic mass is 9.49. The van der Waals surface area contributed by atoms with Gasteiger partial charge in [-0.1, -0.05) is 0 Å². The summed E-state index contributed by atoms with van der Waals surface area (Å²) in [6.07, 6.45) is -17.2. The molecule has 0 saturated carbocycles. The molecule has 1 heterocycles. The van der Waals surface area contributed by atoms with E-state index in [1.54, 1.807) is 31.4 Å². The molecule has 0 spiro atoms. The Kier molecular flexibility index (Phi) is 6.14. The van der Waals surface area contributed by atoms with Crippen LogP contribution in [0.5, 0.6) is 0 Å². The first-order valence-electron chi connectivity index (χ1n) is 8.21. The van der Waals surface area contributed by atoms with Crippen LogP contribution < -0.4 is 0 Å². The maximum absolute atomic E-state index is 12.7. The number of rotatable bonds is 1. The number of amides is 1. The van der Waals surface area contributed by atoms with Gasteiger partial charge in [0.25, 0.3) is 6.10 Å². The largest absolute Gasteiger partial charge is 0.434 e. The van der Waals surface area contributed by atoms with Crippen LogP contribution in [0.2, 0.25) is 0 Å². The maximum atomic E-state index is 12.7. The van der Waals surface area contributed by atoms with Gasteiger partial charge in [-0.05, 0) is 38.0 Å². The van der Waals surface area contributed by atoms with E-state index in [4.69, 9.17) is 0 Å². The fourth-order valence-corrected chi connectivity index (χ4v) is 3.57. The molecule has 26 heavy (non-hydrogen) atoms. The van der Waals surface area contributed by atoms with Gasteiger partial charge in [0.1, 0.15) is 31.4 Å². The second kappa shape index (κ2) is 6.91. The van der Waals surface area contributed by atoms with Crippen LogP contribution in [-0.4, -0.2) is 95.0 Å². The summed E-state index contributed by atoms with van der Waals surface area (Å²) in [6.45, 7) is 5.81. The molecular weight excluding hydrogens is 361 g/mol. The first-order chi connectivity index (χ1) is 11.3. The zero-order valence-electron chi connectivity index (χ0n) is 15.9. The van der Waals surface area contributed by atoms with Crippen molar-refractivity contribution in [1.82, 2.24) is 9.80 Å². The molecule has 0 bridgehead atoms. The van der Waals surface area contributed by atoms with Crippen molar-refractivity contribution >= 4 is 37.5 Å². The lowest BCUT2D eigenvalue weighted by molar-refractivity contribution is -0.308. The van der Waals surface area contributed by atoms with Crippen molar-refractivity contribution in [1.29, 1.82) is 0 Å². The van der Waals surface area contributed by atoms with Crippen LogP contribution in [0.15, 0.2) is 0 Å². The lowest BCUT2D eigenvalue weighted by Crippen LogP contribution is -2.76. The van der Waals surface area contributed by atoms with Crippen LogP contribution >= 0.6 is 0 Å². The normalized spacial score (nSPS) is 25.4. The Morgan fingerprint density at radius 2 is 1.50 bits per heavy atom. The number of hydrogen-bond acceptors (Lipinski definition) is 3. The SMILES string of the molecule is BC1CN(C(=O)OC(C(F)(F)F)C(F)(F)F)C(B)(B)C(B)N1C(C)(C)C. The molecule has 0 N–H and O–H groups in total. The zero-order valence-corrected chi connectivity index (χ0v) is 15.9. The third-order valence-corrected chi connectivity index (χ3v) is 4.87. The van der Waals surface area contributed by atoms with E-state index in [2.05, 4.69) is 9.64 Å². The summed E-state index contributed by atoms with van der Waals surface area (Å²) in [5.74, 6) is -0.602. The molecule has 1 saturated heterocycles. The molecule has 0 aliphatic carbocycles. The summed E-state index contributed by atoms with van der Waals surface area (Å²) >= 11 is 0. The molecule has 1 fully saturated rings. The molecule has 4 nitrogen and oxygen atoms in total. The molecule has 2 atom stereocenters. The quantitative estimate of drug-likeness (QED) is 0.424. The molecule has 14 heteroatoms. The second-order valence-corrected chi connectivity index (χ2v) is 8.21. The Labute approximate surface area is 152 Å². The predicted octanol–water partition coefficient (Wildman–Crippen LogP) is -1.13. The summed E-state index contributed by atoms with van der Waals surface area (Å²) in [5.41, 5.74) is -0.299. The summed E-state index contributed by atoms with van der Waals surface area (Å²) in [6, 6.07) is 0. The standard InChI is InChI=1S/C12H22B4F6N2O2/c1-9(2,3)24-5(13)4-23(10(15,16)7(24)14)8(25)26-6(11(17,18)19)12(20,21)22/h5-7H,4,13-16H2,1-3H3. The van der Waals surface area contributed by atoms with Crippen molar-refractivity contribution in [3.63, 3.8) is 0 Å². The van der Waals surface area contributed by atoms with Crippen LogP contribution in [-0.2, 0) is 4.74 Å². The third-order valence-electron chi connectivity index (χ3n) is 4.87. The molecule has 1 aliphatic rings. The summed E-state index contributed by atoms with van der Waals surface area (Å²) in [7, 11) is 6.74. The minimum atomic E-state index is -5.73. The minimum Gasteiger partial charge on any atom is -0.426 e. The average molecular weight is 384 g/mol. The molecule has 1 rings (SSSR count). The number of nitrogens with zero attached hydrogens (tertiary/aromatic N) is 2. The Balaban J connectivity index is 3.14. The summed E-state index contributed by atoms with van der Waals surface area (Å²) in [4.78, 5) is 15.3. The highest BCUT2D eigenvalue weighted by molar-refractivity contribution is 6.45. The highest BCUT2D eigenvalue weighted by Crippen LogP contribution is 2.37. The van der Waals surface area contributed by atoms with E-state index in [1.807, 2.05) is 20.8 Å². The topological polar surface area (TPSA) is 32.8 Å². The molecule has 0 aromatic carbocycles. The van der Waals surface area contributed by atoms with Crippen molar-refractivity contribution < 1.29 is 35.9 Å². The number of alkyl halides is 6. The fourth-order valence-electron chi connectivity index (χ4n) is 3.57. The highest BCUT2D eigenvalue weighted by Gasteiger charge is 2.61. The predicted molar refractivity (Wildman–Crippen MR) is 95.2 cm³/mol. The molecule has 0 aromatic rings. The Morgan fingerprint density at radius 1 is 1.08 bits per heavy atom. The van der Waals surface area contributed by atoms with Crippen molar-refractivity contribution in [2.75, 3.05) is 6.54 Å². The average Bonchev–Trinajstić information content (AvgIpc) is 2.36. The number of ether oxygens (including phenoxy) is 1. The second-order valence-electron chi connectivity index (χ2n) is 8.21. The van der Waals surface area contributed by atoms with E-state index in [-0.39, 0.29) is 24.0 Å². The van der Waals surface area contributed by atoms with E-state index in [0.717, 1.165) is 4.90 Å². The van der Waals surface area contributed by atoms with Crippen LogP contribution in [0.1, 0.15) is 20.8 Å². The summed E-state index contributed by atoms with van der Waals surface area (Å²) in [5, 5.41) is -1.03. The third kappa shape index (κ3) is 4.67. The molecule has 2 unspecified atom stereocenters. The van der Waals surface area contributed by atoms with Gasteiger partial charge in [-0.2, -0.15) is 26.3 Å². The van der Waals surface area contributed by atoms with Gasteiger partial charge in [-0.3, -0.25) is 0 Å². The number of hydrogen-bond donors (Lipinski definition) is 0. The monoisotopic (exact) mass is 384 g/mol. The van der Waals surface area contributed by atoms with Crippen molar-refractivity contribution in [3.05, 3.63) is 0 Å². The highest BCUT2D eigenvalue weighted by atomic mass is 19.4. The van der Waals surface area contributed by atoms with Crippen LogP contribution in [0.3, 0.4) is 0 Å². The molecular formula is C12H22B4F6N2O2. The van der Waals surface area contributed by atoms with E-state index in [0.29, 0.717) is 0 Å². The minimum absolute atomic E-state index is 0.0458. The summed E-state index contributed by atoms with van der Waals surface area (Å²) < 4.78 is 80.0. The maximum Gasteiger partial charge on any atom is 0.434 e. The zero-order chi connectivity index (χ0) is 20.9. The number of halogens is 6. The van der Waals surface area contributed by atoms with Gasteiger partial charge in [0.15, 0.2) is 0 Å². The van der Waals surface area contributed by atoms with E-state index >= 15 is 0 Å². The van der Waals surface area contributed by atoms with Gasteiger partial charge in [0, 0.05) is 12.1 Å². The van der Waals surface area contributed by atoms with Gasteiger partial charge in [0.05, 0.1) is 0 Å². The van der Waals surface area contributed by atoms with Gasteiger partial charge >= 0.3 is 18.4 Å². The van der Waals surface area contributed by atoms with Crippen molar-refractivity contribution in [3.8, 4) is 0 Å². The Bertz CT molecular complexity index is 523. The molecule has 0 radical (unpaired) electrons. The number of carbonyl (C=O) groups excluding carboxylic acids is 1. The van der Waals surface area contributed by atoms with Crippen LogP contribution in [0.25, 0.3) is 0 Å². The first kappa shape index (κ1) is 23.1.